The van der Waals surface area contributed by atoms with Crippen molar-refractivity contribution < 1.29 is 9.59 Å². The smallest absolute Gasteiger partial charge is 0.231 e. The third kappa shape index (κ3) is 5.19. The lowest BCUT2D eigenvalue weighted by Gasteiger charge is -2.17. The molecule has 0 aliphatic heterocycles. The summed E-state index contributed by atoms with van der Waals surface area (Å²) in [5.41, 5.74) is 3.72. The van der Waals surface area contributed by atoms with Crippen molar-refractivity contribution in [2.45, 2.75) is 40.0 Å². The van der Waals surface area contributed by atoms with Crippen molar-refractivity contribution in [2.24, 2.45) is 5.92 Å². The minimum atomic E-state index is -0.253. The normalized spacial score (nSPS) is 11.9. The Labute approximate surface area is 156 Å². The second-order valence-corrected chi connectivity index (χ2v) is 7.18. The molecular weight excluding hydrogens is 324 g/mol. The van der Waals surface area contributed by atoms with Gasteiger partial charge in [0.05, 0.1) is 5.92 Å². The second-order valence-electron chi connectivity index (χ2n) is 7.18. The van der Waals surface area contributed by atoms with Crippen LogP contribution in [0, 0.1) is 5.92 Å². The van der Waals surface area contributed by atoms with Gasteiger partial charge in [-0.25, -0.2) is 0 Å². The molecule has 2 rings (SSSR count). The number of amides is 2. The molecule has 0 radical (unpaired) electrons. The van der Waals surface area contributed by atoms with Crippen LogP contribution in [0.5, 0.6) is 0 Å². The highest BCUT2D eigenvalue weighted by molar-refractivity contribution is 5.97. The van der Waals surface area contributed by atoms with Gasteiger partial charge >= 0.3 is 0 Å². The lowest BCUT2D eigenvalue weighted by atomic mass is 9.96. The highest BCUT2D eigenvalue weighted by Crippen LogP contribution is 2.22. The predicted molar refractivity (Wildman–Crippen MR) is 108 cm³/mol. The van der Waals surface area contributed by atoms with Crippen LogP contribution in [0.2, 0.25) is 0 Å². The Hall–Kier alpha value is -2.62. The molecule has 0 saturated heterocycles. The van der Waals surface area contributed by atoms with Gasteiger partial charge in [0.1, 0.15) is 0 Å². The van der Waals surface area contributed by atoms with E-state index in [9.17, 15) is 9.59 Å². The van der Waals surface area contributed by atoms with Crippen LogP contribution in [0.25, 0.3) is 0 Å². The zero-order valence-corrected chi connectivity index (χ0v) is 16.2. The molecule has 0 heterocycles. The third-order valence-corrected chi connectivity index (χ3v) is 4.49. The summed E-state index contributed by atoms with van der Waals surface area (Å²) in [7, 11) is 1.71. The fraction of sp³-hybridized carbons (Fsp3) is 0.364. The van der Waals surface area contributed by atoms with Gasteiger partial charge in [-0.1, -0.05) is 44.2 Å². The number of nitrogens with zero attached hydrogens (tertiary/aromatic N) is 1. The van der Waals surface area contributed by atoms with Crippen molar-refractivity contribution in [1.82, 2.24) is 0 Å². The molecule has 1 N–H and O–H groups in total. The van der Waals surface area contributed by atoms with Crippen molar-refractivity contribution in [3.05, 3.63) is 59.7 Å². The molecule has 0 saturated carbocycles. The Morgan fingerprint density at radius 3 is 2.27 bits per heavy atom. The number of rotatable bonds is 6. The largest absolute Gasteiger partial charge is 0.325 e. The predicted octanol–water partition coefficient (Wildman–Crippen LogP) is 4.61. The van der Waals surface area contributed by atoms with Crippen LogP contribution in [-0.2, 0) is 16.0 Å². The number of hydrogen-bond donors (Lipinski definition) is 1. The molecule has 0 spiro atoms. The van der Waals surface area contributed by atoms with Crippen molar-refractivity contribution in [1.29, 1.82) is 0 Å². The van der Waals surface area contributed by atoms with Crippen LogP contribution in [0.4, 0.5) is 11.4 Å². The lowest BCUT2D eigenvalue weighted by molar-refractivity contribution is -0.117. The van der Waals surface area contributed by atoms with E-state index >= 15 is 0 Å². The summed E-state index contributed by atoms with van der Waals surface area (Å²) in [6, 6.07) is 15.6. The zero-order valence-electron chi connectivity index (χ0n) is 16.2. The van der Waals surface area contributed by atoms with Crippen LogP contribution in [0.15, 0.2) is 48.5 Å². The highest BCUT2D eigenvalue weighted by atomic mass is 16.2. The van der Waals surface area contributed by atoms with E-state index in [1.165, 1.54) is 12.5 Å². The summed E-state index contributed by atoms with van der Waals surface area (Å²) >= 11 is 0. The molecule has 0 aliphatic rings. The van der Waals surface area contributed by atoms with E-state index in [2.05, 4.69) is 31.3 Å². The monoisotopic (exact) mass is 352 g/mol. The third-order valence-electron chi connectivity index (χ3n) is 4.49. The van der Waals surface area contributed by atoms with Gasteiger partial charge in [-0.3, -0.25) is 9.59 Å². The van der Waals surface area contributed by atoms with Crippen molar-refractivity contribution >= 4 is 23.2 Å². The van der Waals surface area contributed by atoms with Gasteiger partial charge in [-0.15, -0.1) is 0 Å². The Kier molecular flexibility index (Phi) is 6.56. The van der Waals surface area contributed by atoms with Gasteiger partial charge in [-0.2, -0.15) is 0 Å². The molecule has 1 unspecified atom stereocenters. The average Bonchev–Trinajstić information content (AvgIpc) is 2.60. The first-order chi connectivity index (χ1) is 12.3. The van der Waals surface area contributed by atoms with Gasteiger partial charge in [0.25, 0.3) is 0 Å². The summed E-state index contributed by atoms with van der Waals surface area (Å²) < 4.78 is 0. The van der Waals surface area contributed by atoms with E-state index in [1.54, 1.807) is 18.0 Å². The number of nitrogens with one attached hydrogen (secondary N) is 1. The number of anilines is 2. The summed E-state index contributed by atoms with van der Waals surface area (Å²) in [5, 5.41) is 2.94. The second kappa shape index (κ2) is 8.65. The molecule has 1 atom stereocenters. The molecule has 0 bridgehead atoms. The van der Waals surface area contributed by atoms with Gasteiger partial charge in [0, 0.05) is 25.3 Å². The summed E-state index contributed by atoms with van der Waals surface area (Å²) in [6.45, 7) is 7.80. The molecule has 4 nitrogen and oxygen atoms in total. The van der Waals surface area contributed by atoms with Gasteiger partial charge in [0.2, 0.25) is 11.8 Å². The molecule has 0 aliphatic carbocycles. The van der Waals surface area contributed by atoms with E-state index in [0.29, 0.717) is 11.6 Å². The van der Waals surface area contributed by atoms with Crippen LogP contribution >= 0.6 is 0 Å². The van der Waals surface area contributed by atoms with Crippen LogP contribution in [-0.4, -0.2) is 18.9 Å². The fourth-order valence-electron chi connectivity index (χ4n) is 2.79. The summed E-state index contributed by atoms with van der Waals surface area (Å²) in [4.78, 5) is 25.7. The Morgan fingerprint density at radius 2 is 1.69 bits per heavy atom. The van der Waals surface area contributed by atoms with Crippen molar-refractivity contribution in [3.63, 3.8) is 0 Å². The minimum absolute atomic E-state index is 0.0525. The number of carbonyl (C=O) groups is 2. The molecule has 0 fully saturated rings. The average molecular weight is 352 g/mol. The van der Waals surface area contributed by atoms with Crippen molar-refractivity contribution in [2.75, 3.05) is 17.3 Å². The quantitative estimate of drug-likeness (QED) is 0.825. The SMILES string of the molecule is CC(=O)N(C)c1cccc(NC(=O)C(C)c2ccc(CC(C)C)cc2)c1. The zero-order chi connectivity index (χ0) is 19.3. The first-order valence-corrected chi connectivity index (χ1v) is 9.02. The summed E-state index contributed by atoms with van der Waals surface area (Å²) in [6.07, 6.45) is 1.04. The van der Waals surface area contributed by atoms with Gasteiger partial charge in [-0.05, 0) is 48.6 Å². The Balaban J connectivity index is 2.07. The molecular formula is C22H28N2O2. The van der Waals surface area contributed by atoms with E-state index in [0.717, 1.165) is 17.7 Å². The number of benzene rings is 2. The molecule has 2 amide bonds. The molecule has 2 aromatic carbocycles. The number of carbonyl (C=O) groups excluding carboxylic acids is 2. The molecule has 26 heavy (non-hydrogen) atoms. The van der Waals surface area contributed by atoms with E-state index in [4.69, 9.17) is 0 Å². The van der Waals surface area contributed by atoms with Crippen LogP contribution in [0.3, 0.4) is 0 Å². The maximum atomic E-state index is 12.6. The highest BCUT2D eigenvalue weighted by Gasteiger charge is 2.16. The Bertz CT molecular complexity index is 766. The molecule has 0 aromatic heterocycles. The van der Waals surface area contributed by atoms with Crippen LogP contribution in [0.1, 0.15) is 44.7 Å². The summed E-state index contributed by atoms with van der Waals surface area (Å²) in [5.74, 6) is 0.242. The molecule has 2 aromatic rings. The minimum Gasteiger partial charge on any atom is -0.325 e. The molecule has 138 valence electrons. The number of hydrogen-bond acceptors (Lipinski definition) is 2. The van der Waals surface area contributed by atoms with Crippen molar-refractivity contribution in [3.8, 4) is 0 Å². The van der Waals surface area contributed by atoms with E-state index < -0.39 is 0 Å². The van der Waals surface area contributed by atoms with Gasteiger partial charge < -0.3 is 10.2 Å². The first kappa shape index (κ1) is 19.7. The lowest BCUT2D eigenvalue weighted by Crippen LogP contribution is -2.23. The standard InChI is InChI=1S/C22H28N2O2/c1-15(2)13-18-9-11-19(12-10-18)16(3)22(26)23-20-7-6-8-21(14-20)24(5)17(4)25/h6-12,14-16H,13H2,1-5H3,(H,23,26). The van der Waals surface area contributed by atoms with E-state index in [-0.39, 0.29) is 17.7 Å². The van der Waals surface area contributed by atoms with Gasteiger partial charge in [0.15, 0.2) is 0 Å². The maximum Gasteiger partial charge on any atom is 0.231 e. The first-order valence-electron chi connectivity index (χ1n) is 9.02. The molecule has 4 heteroatoms. The topological polar surface area (TPSA) is 49.4 Å². The fourth-order valence-corrected chi connectivity index (χ4v) is 2.79. The van der Waals surface area contributed by atoms with Crippen LogP contribution < -0.4 is 10.2 Å². The van der Waals surface area contributed by atoms with E-state index in [1.807, 2.05) is 37.3 Å². The maximum absolute atomic E-state index is 12.6. The Morgan fingerprint density at radius 1 is 1.04 bits per heavy atom.